The molecule has 0 saturated heterocycles. The van der Waals surface area contributed by atoms with Crippen LogP contribution in [-0.4, -0.2) is 5.11 Å². The SMILES string of the molecule is CC1CCC(O)(c2ccc(-c3cccs3)s2)CC1. The minimum Gasteiger partial charge on any atom is -0.384 e. The van der Waals surface area contributed by atoms with Gasteiger partial charge in [0.25, 0.3) is 0 Å². The molecule has 2 aromatic heterocycles. The molecule has 1 N–H and O–H groups in total. The van der Waals surface area contributed by atoms with Crippen molar-refractivity contribution in [1.82, 2.24) is 0 Å². The molecule has 0 spiro atoms. The maximum absolute atomic E-state index is 10.8. The lowest BCUT2D eigenvalue weighted by Gasteiger charge is -2.34. The number of hydrogen-bond acceptors (Lipinski definition) is 3. The highest BCUT2D eigenvalue weighted by molar-refractivity contribution is 7.21. The van der Waals surface area contributed by atoms with Crippen LogP contribution < -0.4 is 0 Å². The summed E-state index contributed by atoms with van der Waals surface area (Å²) < 4.78 is 0. The minimum absolute atomic E-state index is 0.563. The van der Waals surface area contributed by atoms with Gasteiger partial charge in [-0.05, 0) is 55.2 Å². The normalized spacial score (nSPS) is 28.4. The molecule has 0 aromatic carbocycles. The van der Waals surface area contributed by atoms with E-state index in [0.717, 1.165) is 36.5 Å². The zero-order chi connectivity index (χ0) is 12.6. The molecule has 1 nitrogen and oxygen atoms in total. The van der Waals surface area contributed by atoms with Crippen LogP contribution >= 0.6 is 22.7 Å². The van der Waals surface area contributed by atoms with Crippen LogP contribution in [-0.2, 0) is 5.60 Å². The Morgan fingerprint density at radius 2 is 1.94 bits per heavy atom. The van der Waals surface area contributed by atoms with E-state index in [1.54, 1.807) is 22.7 Å². The van der Waals surface area contributed by atoms with Crippen LogP contribution in [0, 0.1) is 5.92 Å². The topological polar surface area (TPSA) is 20.2 Å². The Bertz CT molecular complexity index is 504. The second-order valence-electron chi connectivity index (χ2n) is 5.36. The number of hydrogen-bond donors (Lipinski definition) is 1. The van der Waals surface area contributed by atoms with Gasteiger partial charge in [-0.1, -0.05) is 13.0 Å². The van der Waals surface area contributed by atoms with E-state index in [9.17, 15) is 5.11 Å². The van der Waals surface area contributed by atoms with Gasteiger partial charge in [0.1, 0.15) is 0 Å². The molecule has 0 amide bonds. The third-order valence-electron chi connectivity index (χ3n) is 3.93. The molecular weight excluding hydrogens is 260 g/mol. The third-order valence-corrected chi connectivity index (χ3v) is 6.27. The molecule has 1 aliphatic rings. The molecule has 3 rings (SSSR count). The molecule has 1 aliphatic carbocycles. The Morgan fingerprint density at radius 3 is 2.61 bits per heavy atom. The van der Waals surface area contributed by atoms with Gasteiger partial charge in [-0.25, -0.2) is 0 Å². The largest absolute Gasteiger partial charge is 0.384 e. The van der Waals surface area contributed by atoms with Crippen LogP contribution in [0.15, 0.2) is 29.6 Å². The lowest BCUT2D eigenvalue weighted by molar-refractivity contribution is -0.00868. The van der Waals surface area contributed by atoms with Gasteiger partial charge < -0.3 is 5.11 Å². The first-order valence-electron chi connectivity index (χ1n) is 6.54. The molecule has 3 heteroatoms. The number of aliphatic hydroxyl groups is 1. The molecule has 0 bridgehead atoms. The first kappa shape index (κ1) is 12.4. The molecule has 0 atom stereocenters. The Labute approximate surface area is 116 Å². The average molecular weight is 278 g/mol. The molecular formula is C15H18OS2. The lowest BCUT2D eigenvalue weighted by Crippen LogP contribution is -2.29. The molecule has 2 aromatic rings. The van der Waals surface area contributed by atoms with Crippen molar-refractivity contribution in [2.24, 2.45) is 5.92 Å². The average Bonchev–Trinajstić information content (AvgIpc) is 3.01. The summed E-state index contributed by atoms with van der Waals surface area (Å²) in [6, 6.07) is 8.50. The molecule has 1 fully saturated rings. The van der Waals surface area contributed by atoms with Crippen LogP contribution in [0.2, 0.25) is 0 Å². The number of rotatable bonds is 2. The van der Waals surface area contributed by atoms with E-state index in [0.29, 0.717) is 0 Å². The molecule has 0 aliphatic heterocycles. The Balaban J connectivity index is 1.85. The van der Waals surface area contributed by atoms with Crippen molar-refractivity contribution in [3.8, 4) is 9.75 Å². The summed E-state index contributed by atoms with van der Waals surface area (Å²) in [7, 11) is 0. The van der Waals surface area contributed by atoms with Crippen LogP contribution in [0.4, 0.5) is 0 Å². The first-order chi connectivity index (χ1) is 8.67. The smallest absolute Gasteiger partial charge is 0.0988 e. The van der Waals surface area contributed by atoms with E-state index in [4.69, 9.17) is 0 Å². The van der Waals surface area contributed by atoms with Crippen molar-refractivity contribution in [3.63, 3.8) is 0 Å². The monoisotopic (exact) mass is 278 g/mol. The molecule has 18 heavy (non-hydrogen) atoms. The van der Waals surface area contributed by atoms with E-state index in [-0.39, 0.29) is 0 Å². The quantitative estimate of drug-likeness (QED) is 0.830. The van der Waals surface area contributed by atoms with Crippen LogP contribution in [0.3, 0.4) is 0 Å². The van der Waals surface area contributed by atoms with Crippen LogP contribution in [0.5, 0.6) is 0 Å². The highest BCUT2D eigenvalue weighted by atomic mass is 32.1. The molecule has 1 saturated carbocycles. The maximum atomic E-state index is 10.8. The summed E-state index contributed by atoms with van der Waals surface area (Å²) >= 11 is 3.52. The highest BCUT2D eigenvalue weighted by Crippen LogP contribution is 2.44. The molecule has 0 radical (unpaired) electrons. The van der Waals surface area contributed by atoms with Crippen molar-refractivity contribution in [1.29, 1.82) is 0 Å². The Morgan fingerprint density at radius 1 is 1.17 bits per heavy atom. The van der Waals surface area contributed by atoms with Gasteiger partial charge in [0, 0.05) is 14.6 Å². The van der Waals surface area contributed by atoms with Crippen LogP contribution in [0.1, 0.15) is 37.5 Å². The molecule has 96 valence electrons. The standard InChI is InChI=1S/C15H18OS2/c1-11-6-8-15(16,9-7-11)14-5-4-13(18-14)12-3-2-10-17-12/h2-5,10-11,16H,6-9H2,1H3. The van der Waals surface area contributed by atoms with E-state index in [1.807, 2.05) is 0 Å². The fourth-order valence-electron chi connectivity index (χ4n) is 2.63. The molecule has 2 heterocycles. The van der Waals surface area contributed by atoms with E-state index < -0.39 is 5.60 Å². The summed E-state index contributed by atoms with van der Waals surface area (Å²) in [6.45, 7) is 2.28. The summed E-state index contributed by atoms with van der Waals surface area (Å²) in [6.07, 6.45) is 4.11. The zero-order valence-corrected chi connectivity index (χ0v) is 12.2. The van der Waals surface area contributed by atoms with Gasteiger partial charge in [0.05, 0.1) is 5.60 Å². The third kappa shape index (κ3) is 2.27. The van der Waals surface area contributed by atoms with Crippen molar-refractivity contribution in [3.05, 3.63) is 34.5 Å². The van der Waals surface area contributed by atoms with Gasteiger partial charge in [0.15, 0.2) is 0 Å². The predicted molar refractivity (Wildman–Crippen MR) is 79.2 cm³/mol. The van der Waals surface area contributed by atoms with E-state index in [2.05, 4.69) is 36.6 Å². The second kappa shape index (κ2) is 4.80. The lowest BCUT2D eigenvalue weighted by atomic mass is 9.79. The zero-order valence-electron chi connectivity index (χ0n) is 10.6. The van der Waals surface area contributed by atoms with Gasteiger partial charge >= 0.3 is 0 Å². The van der Waals surface area contributed by atoms with Crippen LogP contribution in [0.25, 0.3) is 9.75 Å². The van der Waals surface area contributed by atoms with Gasteiger partial charge in [-0.2, -0.15) is 0 Å². The first-order valence-corrected chi connectivity index (χ1v) is 8.23. The molecule has 0 unspecified atom stereocenters. The van der Waals surface area contributed by atoms with Crippen molar-refractivity contribution >= 4 is 22.7 Å². The Hall–Kier alpha value is -0.640. The summed E-state index contributed by atoms with van der Waals surface area (Å²) in [5.41, 5.74) is -0.563. The van der Waals surface area contributed by atoms with E-state index >= 15 is 0 Å². The predicted octanol–water partition coefficient (Wildman–Crippen LogP) is 4.87. The Kier molecular flexibility index (Phi) is 3.31. The second-order valence-corrected chi connectivity index (χ2v) is 7.39. The van der Waals surface area contributed by atoms with Crippen molar-refractivity contribution in [2.45, 2.75) is 38.2 Å². The fourth-order valence-corrected chi connectivity index (χ4v) is 4.61. The minimum atomic E-state index is -0.563. The number of thiophene rings is 2. The fraction of sp³-hybridized carbons (Fsp3) is 0.467. The summed E-state index contributed by atoms with van der Waals surface area (Å²) in [4.78, 5) is 3.74. The van der Waals surface area contributed by atoms with Crippen molar-refractivity contribution in [2.75, 3.05) is 0 Å². The summed E-state index contributed by atoms with van der Waals surface area (Å²) in [5, 5.41) is 12.9. The van der Waals surface area contributed by atoms with Gasteiger partial charge in [0.2, 0.25) is 0 Å². The highest BCUT2D eigenvalue weighted by Gasteiger charge is 2.34. The summed E-state index contributed by atoms with van der Waals surface area (Å²) in [5.74, 6) is 0.766. The maximum Gasteiger partial charge on any atom is 0.0988 e. The van der Waals surface area contributed by atoms with Gasteiger partial charge in [-0.15, -0.1) is 22.7 Å². The van der Waals surface area contributed by atoms with Crippen molar-refractivity contribution < 1.29 is 5.11 Å². The van der Waals surface area contributed by atoms with Gasteiger partial charge in [-0.3, -0.25) is 0 Å². The van der Waals surface area contributed by atoms with E-state index in [1.165, 1.54) is 9.75 Å².